The Morgan fingerprint density at radius 2 is 0.667 bits per heavy atom. The Morgan fingerprint density at radius 1 is 0.405 bits per heavy atom. The third kappa shape index (κ3) is 32.7. The molecule has 0 aliphatic heterocycles. The molecule has 254 valence electrons. The minimum absolute atomic E-state index is 0.637. The van der Waals surface area contributed by atoms with Gasteiger partial charge in [0.15, 0.2) is 0 Å². The number of hydrogen-bond acceptors (Lipinski definition) is 4. The summed E-state index contributed by atoms with van der Waals surface area (Å²) in [5, 5.41) is 11.3. The summed E-state index contributed by atoms with van der Waals surface area (Å²) in [6, 6.07) is 0. The van der Waals surface area contributed by atoms with Crippen molar-refractivity contribution in [1.29, 1.82) is 0 Å². The molecule has 0 saturated heterocycles. The second kappa shape index (κ2) is 33.7. The van der Waals surface area contributed by atoms with Crippen molar-refractivity contribution in [2.24, 2.45) is 0 Å². The van der Waals surface area contributed by atoms with Crippen LogP contribution in [0.4, 0.5) is 0 Å². The van der Waals surface area contributed by atoms with E-state index in [1.807, 2.05) is 0 Å². The number of ether oxygens (including phenoxy) is 2. The number of nitrogens with zero attached hydrogens (tertiary/aromatic N) is 1. The van der Waals surface area contributed by atoms with Crippen molar-refractivity contribution in [3.05, 3.63) is 0 Å². The fraction of sp³-hybridized carbons (Fsp3) is 1.00. The van der Waals surface area contributed by atoms with Crippen LogP contribution in [-0.4, -0.2) is 62.7 Å². The monoisotopic (exact) mass is 598 g/mol. The standard InChI is InChI=1S/C38H79NO3/c1-5-7-9-11-13-15-17-19-21-23-25-27-33-41-35-29-31-38(40,37-39(3)4)32-30-36-42-34-28-26-24-22-20-18-16-14-12-10-8-6-2/h40H,5-37H2,1-4H3. The van der Waals surface area contributed by atoms with Gasteiger partial charge in [0.25, 0.3) is 0 Å². The largest absolute Gasteiger partial charge is 0.389 e. The highest BCUT2D eigenvalue weighted by atomic mass is 16.5. The Morgan fingerprint density at radius 3 is 0.952 bits per heavy atom. The van der Waals surface area contributed by atoms with E-state index < -0.39 is 5.60 Å². The summed E-state index contributed by atoms with van der Waals surface area (Å²) >= 11 is 0. The van der Waals surface area contributed by atoms with Crippen LogP contribution in [0.5, 0.6) is 0 Å². The SMILES string of the molecule is CCCCCCCCCCCCCCOCCCC(O)(CCCOCCCCCCCCCCCCCC)CN(C)C. The van der Waals surface area contributed by atoms with E-state index in [-0.39, 0.29) is 0 Å². The third-order valence-corrected chi connectivity index (χ3v) is 8.76. The quantitative estimate of drug-likeness (QED) is 0.0729. The fourth-order valence-electron chi connectivity index (χ4n) is 6.17. The van der Waals surface area contributed by atoms with Crippen molar-refractivity contribution in [1.82, 2.24) is 4.90 Å². The van der Waals surface area contributed by atoms with E-state index in [2.05, 4.69) is 32.8 Å². The molecular formula is C38H79NO3. The zero-order valence-corrected chi connectivity index (χ0v) is 29.5. The zero-order valence-electron chi connectivity index (χ0n) is 29.5. The fourth-order valence-corrected chi connectivity index (χ4v) is 6.17. The average molecular weight is 598 g/mol. The number of likely N-dealkylation sites (N-methyl/N-ethyl adjacent to an activating group) is 1. The summed E-state index contributed by atoms with van der Waals surface area (Å²) in [4.78, 5) is 2.11. The summed E-state index contributed by atoms with van der Waals surface area (Å²) in [5.41, 5.74) is -0.637. The molecule has 0 aromatic rings. The third-order valence-electron chi connectivity index (χ3n) is 8.76. The first-order valence-corrected chi connectivity index (χ1v) is 19.1. The van der Waals surface area contributed by atoms with Crippen LogP contribution < -0.4 is 0 Å². The first kappa shape index (κ1) is 41.8. The van der Waals surface area contributed by atoms with Gasteiger partial charge in [0, 0.05) is 33.0 Å². The molecule has 0 bridgehead atoms. The van der Waals surface area contributed by atoms with E-state index in [0.717, 1.165) is 52.1 Å². The lowest BCUT2D eigenvalue weighted by atomic mass is 9.92. The predicted octanol–water partition coefficient (Wildman–Crippen LogP) is 11.3. The number of unbranched alkanes of at least 4 members (excludes halogenated alkanes) is 22. The molecule has 4 nitrogen and oxygen atoms in total. The van der Waals surface area contributed by atoms with Crippen LogP contribution in [0.1, 0.15) is 194 Å². The molecule has 4 heteroatoms. The maximum atomic E-state index is 11.3. The summed E-state index contributed by atoms with van der Waals surface area (Å²) in [7, 11) is 4.11. The van der Waals surface area contributed by atoms with Crippen molar-refractivity contribution in [2.75, 3.05) is 47.1 Å². The number of aliphatic hydroxyl groups is 1. The summed E-state index contributed by atoms with van der Waals surface area (Å²) in [5.74, 6) is 0. The molecule has 0 atom stereocenters. The van der Waals surface area contributed by atoms with E-state index >= 15 is 0 Å². The van der Waals surface area contributed by atoms with Gasteiger partial charge in [-0.1, -0.05) is 155 Å². The highest BCUT2D eigenvalue weighted by Gasteiger charge is 2.26. The van der Waals surface area contributed by atoms with Crippen LogP contribution in [0, 0.1) is 0 Å². The molecule has 0 aliphatic rings. The number of hydrogen-bond donors (Lipinski definition) is 1. The molecule has 0 heterocycles. The van der Waals surface area contributed by atoms with Crippen LogP contribution in [0.3, 0.4) is 0 Å². The Kier molecular flexibility index (Phi) is 33.6. The molecule has 0 fully saturated rings. The minimum Gasteiger partial charge on any atom is -0.389 e. The molecule has 0 unspecified atom stereocenters. The molecule has 0 aromatic heterocycles. The minimum atomic E-state index is -0.637. The van der Waals surface area contributed by atoms with E-state index in [4.69, 9.17) is 9.47 Å². The summed E-state index contributed by atoms with van der Waals surface area (Å²) < 4.78 is 11.8. The van der Waals surface area contributed by atoms with Gasteiger partial charge in [-0.2, -0.15) is 0 Å². The summed E-state index contributed by atoms with van der Waals surface area (Å²) in [6.07, 6.45) is 36.5. The Balaban J connectivity index is 3.60. The van der Waals surface area contributed by atoms with Crippen LogP contribution in [0.15, 0.2) is 0 Å². The van der Waals surface area contributed by atoms with Gasteiger partial charge in [0.1, 0.15) is 0 Å². The van der Waals surface area contributed by atoms with Gasteiger partial charge in [0.2, 0.25) is 0 Å². The van der Waals surface area contributed by atoms with E-state index in [1.165, 1.54) is 154 Å². The van der Waals surface area contributed by atoms with Crippen molar-refractivity contribution in [3.63, 3.8) is 0 Å². The lowest BCUT2D eigenvalue weighted by Gasteiger charge is -2.31. The second-order valence-electron chi connectivity index (χ2n) is 13.7. The average Bonchev–Trinajstić information content (AvgIpc) is 2.96. The highest BCUT2D eigenvalue weighted by molar-refractivity contribution is 4.81. The van der Waals surface area contributed by atoms with E-state index in [0.29, 0.717) is 6.54 Å². The molecule has 0 amide bonds. The Bertz CT molecular complexity index is 463. The van der Waals surface area contributed by atoms with E-state index in [9.17, 15) is 5.11 Å². The molecule has 0 aromatic carbocycles. The first-order chi connectivity index (χ1) is 20.5. The molecular weight excluding hydrogens is 518 g/mol. The maximum Gasteiger partial charge on any atom is 0.0775 e. The second-order valence-corrected chi connectivity index (χ2v) is 13.7. The van der Waals surface area contributed by atoms with Gasteiger partial charge in [-0.15, -0.1) is 0 Å². The molecule has 0 rings (SSSR count). The van der Waals surface area contributed by atoms with Crippen molar-refractivity contribution in [3.8, 4) is 0 Å². The zero-order chi connectivity index (χ0) is 30.8. The Labute approximate surface area is 265 Å². The Hall–Kier alpha value is -0.160. The normalized spacial score (nSPS) is 12.1. The van der Waals surface area contributed by atoms with Crippen molar-refractivity contribution in [2.45, 2.75) is 199 Å². The van der Waals surface area contributed by atoms with E-state index in [1.54, 1.807) is 0 Å². The topological polar surface area (TPSA) is 41.9 Å². The van der Waals surface area contributed by atoms with Gasteiger partial charge < -0.3 is 19.5 Å². The van der Waals surface area contributed by atoms with Crippen LogP contribution in [0.2, 0.25) is 0 Å². The molecule has 42 heavy (non-hydrogen) atoms. The van der Waals surface area contributed by atoms with Gasteiger partial charge >= 0.3 is 0 Å². The van der Waals surface area contributed by atoms with Gasteiger partial charge in [-0.25, -0.2) is 0 Å². The van der Waals surface area contributed by atoms with Crippen molar-refractivity contribution < 1.29 is 14.6 Å². The molecule has 0 aliphatic carbocycles. The molecule has 0 saturated carbocycles. The van der Waals surface area contributed by atoms with Crippen LogP contribution in [0.25, 0.3) is 0 Å². The van der Waals surface area contributed by atoms with Crippen LogP contribution >= 0.6 is 0 Å². The number of rotatable bonds is 36. The predicted molar refractivity (Wildman–Crippen MR) is 186 cm³/mol. The summed E-state index contributed by atoms with van der Waals surface area (Å²) in [6.45, 7) is 8.57. The molecule has 0 spiro atoms. The van der Waals surface area contributed by atoms with Crippen molar-refractivity contribution >= 4 is 0 Å². The lowest BCUT2D eigenvalue weighted by Crippen LogP contribution is -2.40. The van der Waals surface area contributed by atoms with Crippen LogP contribution in [-0.2, 0) is 9.47 Å². The highest BCUT2D eigenvalue weighted by Crippen LogP contribution is 2.21. The first-order valence-electron chi connectivity index (χ1n) is 19.1. The lowest BCUT2D eigenvalue weighted by molar-refractivity contribution is -0.0162. The van der Waals surface area contributed by atoms with Gasteiger partial charge in [-0.3, -0.25) is 0 Å². The smallest absolute Gasteiger partial charge is 0.0775 e. The van der Waals surface area contributed by atoms with Gasteiger partial charge in [-0.05, 0) is 52.6 Å². The molecule has 0 radical (unpaired) electrons. The van der Waals surface area contributed by atoms with Gasteiger partial charge in [0.05, 0.1) is 5.60 Å². The molecule has 1 N–H and O–H groups in total. The maximum absolute atomic E-state index is 11.3.